The number of nitrogens with zero attached hydrogens (tertiary/aromatic N) is 2. The molecule has 88 valence electrons. The molecule has 0 radical (unpaired) electrons. The van der Waals surface area contributed by atoms with Gasteiger partial charge in [-0.05, 0) is 25.0 Å². The molecule has 0 bridgehead atoms. The molecule has 0 amide bonds. The summed E-state index contributed by atoms with van der Waals surface area (Å²) in [6.45, 7) is 7.62. The number of aryl methyl sites for hydroxylation is 1. The van der Waals surface area contributed by atoms with Crippen LogP contribution in [0.4, 0.5) is 5.69 Å². The third-order valence-corrected chi connectivity index (χ3v) is 3.12. The van der Waals surface area contributed by atoms with Crippen LogP contribution in [0.5, 0.6) is 0 Å². The summed E-state index contributed by atoms with van der Waals surface area (Å²) in [4.78, 5) is 6.71. The summed E-state index contributed by atoms with van der Waals surface area (Å²) >= 11 is 0. The minimum Gasteiger partial charge on any atom is -0.367 e. The molecule has 16 heavy (non-hydrogen) atoms. The maximum Gasteiger partial charge on any atom is 0.0556 e. The Bertz CT molecular complexity index is 336. The monoisotopic (exact) mass is 219 g/mol. The van der Waals surface area contributed by atoms with Crippen LogP contribution in [0.2, 0.25) is 0 Å². The Labute approximate surface area is 97.9 Å². The van der Waals surface area contributed by atoms with Gasteiger partial charge in [0, 0.05) is 31.9 Å². The van der Waals surface area contributed by atoms with Gasteiger partial charge in [-0.1, -0.05) is 13.3 Å². The van der Waals surface area contributed by atoms with E-state index in [1.54, 1.807) is 0 Å². The van der Waals surface area contributed by atoms with Crippen molar-refractivity contribution in [3.8, 4) is 0 Å². The van der Waals surface area contributed by atoms with Gasteiger partial charge in [0.2, 0.25) is 0 Å². The van der Waals surface area contributed by atoms with Gasteiger partial charge in [-0.15, -0.1) is 0 Å². The SMILES string of the molecule is CCCC1CN(c2cncc(C)c2)CCN1. The maximum atomic E-state index is 4.27. The van der Waals surface area contributed by atoms with E-state index in [0.29, 0.717) is 6.04 Å². The van der Waals surface area contributed by atoms with Crippen molar-refractivity contribution >= 4 is 5.69 Å². The Morgan fingerprint density at radius 1 is 1.50 bits per heavy atom. The summed E-state index contributed by atoms with van der Waals surface area (Å²) in [6.07, 6.45) is 6.39. The van der Waals surface area contributed by atoms with Crippen LogP contribution in [-0.4, -0.2) is 30.7 Å². The molecule has 0 saturated carbocycles. The van der Waals surface area contributed by atoms with Gasteiger partial charge in [0.05, 0.1) is 11.9 Å². The Morgan fingerprint density at radius 2 is 2.38 bits per heavy atom. The first kappa shape index (κ1) is 11.4. The predicted molar refractivity (Wildman–Crippen MR) is 67.9 cm³/mol. The number of rotatable bonds is 3. The molecule has 1 aromatic rings. The molecule has 1 fully saturated rings. The Morgan fingerprint density at radius 3 is 3.12 bits per heavy atom. The number of nitrogens with one attached hydrogen (secondary N) is 1. The molecule has 0 spiro atoms. The quantitative estimate of drug-likeness (QED) is 0.842. The van der Waals surface area contributed by atoms with Crippen molar-refractivity contribution in [3.63, 3.8) is 0 Å². The van der Waals surface area contributed by atoms with E-state index in [0.717, 1.165) is 19.6 Å². The number of pyridine rings is 1. The lowest BCUT2D eigenvalue weighted by Crippen LogP contribution is -2.50. The van der Waals surface area contributed by atoms with E-state index in [-0.39, 0.29) is 0 Å². The van der Waals surface area contributed by atoms with E-state index in [1.807, 2.05) is 12.4 Å². The van der Waals surface area contributed by atoms with Crippen molar-refractivity contribution in [2.75, 3.05) is 24.5 Å². The zero-order valence-electron chi connectivity index (χ0n) is 10.2. The fourth-order valence-electron chi connectivity index (χ4n) is 2.31. The summed E-state index contributed by atoms with van der Waals surface area (Å²) in [5, 5.41) is 3.57. The van der Waals surface area contributed by atoms with Crippen molar-refractivity contribution in [2.45, 2.75) is 32.7 Å². The van der Waals surface area contributed by atoms with Crippen molar-refractivity contribution in [3.05, 3.63) is 24.0 Å². The maximum absolute atomic E-state index is 4.27. The number of piperazine rings is 1. The first-order valence-electron chi connectivity index (χ1n) is 6.19. The fourth-order valence-corrected chi connectivity index (χ4v) is 2.31. The highest BCUT2D eigenvalue weighted by atomic mass is 15.2. The minimum atomic E-state index is 0.638. The third kappa shape index (κ3) is 2.73. The van der Waals surface area contributed by atoms with Gasteiger partial charge < -0.3 is 10.2 Å². The number of aromatic nitrogens is 1. The molecule has 1 atom stereocenters. The van der Waals surface area contributed by atoms with Gasteiger partial charge in [0.25, 0.3) is 0 Å². The predicted octanol–water partition coefficient (Wildman–Crippen LogP) is 1.97. The highest BCUT2D eigenvalue weighted by Gasteiger charge is 2.18. The second-order valence-electron chi connectivity index (χ2n) is 4.61. The largest absolute Gasteiger partial charge is 0.367 e. The van der Waals surface area contributed by atoms with Gasteiger partial charge in [0.15, 0.2) is 0 Å². The highest BCUT2D eigenvalue weighted by Crippen LogP contribution is 2.17. The number of hydrogen-bond donors (Lipinski definition) is 1. The van der Waals surface area contributed by atoms with E-state index in [2.05, 4.69) is 35.1 Å². The molecule has 3 nitrogen and oxygen atoms in total. The molecule has 2 rings (SSSR count). The Kier molecular flexibility index (Phi) is 3.78. The average Bonchev–Trinajstić information content (AvgIpc) is 2.30. The van der Waals surface area contributed by atoms with E-state index in [4.69, 9.17) is 0 Å². The van der Waals surface area contributed by atoms with Crippen LogP contribution in [0, 0.1) is 6.92 Å². The van der Waals surface area contributed by atoms with Crippen molar-refractivity contribution < 1.29 is 0 Å². The average molecular weight is 219 g/mol. The van der Waals surface area contributed by atoms with Crippen molar-refractivity contribution in [2.24, 2.45) is 0 Å². The highest BCUT2D eigenvalue weighted by molar-refractivity contribution is 5.46. The standard InChI is InChI=1S/C13H21N3/c1-3-4-12-10-16(6-5-15-12)13-7-11(2)8-14-9-13/h7-9,12,15H,3-6,10H2,1-2H3. The van der Waals surface area contributed by atoms with E-state index in [1.165, 1.54) is 24.1 Å². The molecule has 2 heterocycles. The van der Waals surface area contributed by atoms with Gasteiger partial charge in [-0.25, -0.2) is 0 Å². The minimum absolute atomic E-state index is 0.638. The molecular formula is C13H21N3. The van der Waals surface area contributed by atoms with E-state index >= 15 is 0 Å². The van der Waals surface area contributed by atoms with Crippen molar-refractivity contribution in [1.29, 1.82) is 0 Å². The van der Waals surface area contributed by atoms with Crippen LogP contribution in [0.25, 0.3) is 0 Å². The molecule has 1 saturated heterocycles. The molecule has 0 aromatic carbocycles. The van der Waals surface area contributed by atoms with Crippen LogP contribution in [-0.2, 0) is 0 Å². The molecule has 1 unspecified atom stereocenters. The molecule has 1 aliphatic rings. The summed E-state index contributed by atoms with van der Waals surface area (Å²) in [6, 6.07) is 2.86. The Hall–Kier alpha value is -1.09. The van der Waals surface area contributed by atoms with Crippen LogP contribution < -0.4 is 10.2 Å². The summed E-state index contributed by atoms with van der Waals surface area (Å²) in [5.74, 6) is 0. The van der Waals surface area contributed by atoms with Gasteiger partial charge >= 0.3 is 0 Å². The zero-order chi connectivity index (χ0) is 11.4. The normalized spacial score (nSPS) is 21.1. The third-order valence-electron chi connectivity index (χ3n) is 3.12. The molecule has 1 aromatic heterocycles. The molecule has 0 aliphatic carbocycles. The molecule has 1 N–H and O–H groups in total. The molecule has 3 heteroatoms. The summed E-state index contributed by atoms with van der Waals surface area (Å²) in [5.41, 5.74) is 2.51. The second-order valence-corrected chi connectivity index (χ2v) is 4.61. The fraction of sp³-hybridized carbons (Fsp3) is 0.615. The van der Waals surface area contributed by atoms with Gasteiger partial charge in [0.1, 0.15) is 0 Å². The van der Waals surface area contributed by atoms with E-state index in [9.17, 15) is 0 Å². The summed E-state index contributed by atoms with van der Waals surface area (Å²) < 4.78 is 0. The first-order chi connectivity index (χ1) is 7.79. The molecular weight excluding hydrogens is 198 g/mol. The zero-order valence-corrected chi connectivity index (χ0v) is 10.2. The van der Waals surface area contributed by atoms with Crippen molar-refractivity contribution in [1.82, 2.24) is 10.3 Å². The number of hydrogen-bond acceptors (Lipinski definition) is 3. The lowest BCUT2D eigenvalue weighted by molar-refractivity contribution is 0.430. The van der Waals surface area contributed by atoms with Crippen LogP contribution >= 0.6 is 0 Å². The Balaban J connectivity index is 2.03. The summed E-state index contributed by atoms with van der Waals surface area (Å²) in [7, 11) is 0. The van der Waals surface area contributed by atoms with Gasteiger partial charge in [-0.2, -0.15) is 0 Å². The van der Waals surface area contributed by atoms with Crippen LogP contribution in [0.3, 0.4) is 0 Å². The lowest BCUT2D eigenvalue weighted by atomic mass is 10.1. The lowest BCUT2D eigenvalue weighted by Gasteiger charge is -2.35. The van der Waals surface area contributed by atoms with E-state index < -0.39 is 0 Å². The smallest absolute Gasteiger partial charge is 0.0556 e. The molecule has 1 aliphatic heterocycles. The topological polar surface area (TPSA) is 28.2 Å². The number of anilines is 1. The first-order valence-corrected chi connectivity index (χ1v) is 6.19. The second kappa shape index (κ2) is 5.30. The van der Waals surface area contributed by atoms with Crippen LogP contribution in [0.15, 0.2) is 18.5 Å². The van der Waals surface area contributed by atoms with Crippen LogP contribution in [0.1, 0.15) is 25.3 Å². The van der Waals surface area contributed by atoms with Gasteiger partial charge in [-0.3, -0.25) is 4.98 Å².